The number of aldehydes is 1. The lowest BCUT2D eigenvalue weighted by molar-refractivity contribution is -0.108. The summed E-state index contributed by atoms with van der Waals surface area (Å²) in [6, 6.07) is 10.1. The van der Waals surface area contributed by atoms with Crippen molar-refractivity contribution in [2.75, 3.05) is 17.2 Å². The summed E-state index contributed by atoms with van der Waals surface area (Å²) in [7, 11) is -3.51. The number of rotatable bonds is 7. The summed E-state index contributed by atoms with van der Waals surface area (Å²) in [6.45, 7) is 0. The van der Waals surface area contributed by atoms with Crippen LogP contribution in [-0.2, 0) is 14.8 Å². The number of Topliss-reactive ketones (excluding diaryl/α,β-unsaturated/α-hetero) is 1. The van der Waals surface area contributed by atoms with Gasteiger partial charge in [-0.2, -0.15) is 0 Å². The number of hydrogen-bond donors (Lipinski definition) is 1. The van der Waals surface area contributed by atoms with Gasteiger partial charge in [0.15, 0.2) is 5.78 Å². The van der Waals surface area contributed by atoms with Crippen molar-refractivity contribution in [3.05, 3.63) is 46.8 Å². The molecule has 2 aromatic rings. The smallest absolute Gasteiger partial charge is 0.229 e. The van der Waals surface area contributed by atoms with Gasteiger partial charge >= 0.3 is 0 Å². The van der Waals surface area contributed by atoms with Crippen LogP contribution in [-0.4, -0.2) is 33.0 Å². The molecule has 1 N–H and O–H groups in total. The lowest BCUT2D eigenvalue weighted by Gasteiger charge is -2.11. The van der Waals surface area contributed by atoms with Crippen LogP contribution in [0.1, 0.15) is 21.2 Å². The second-order valence-corrected chi connectivity index (χ2v) is 8.70. The number of thioether (sulfide) groups is 1. The van der Waals surface area contributed by atoms with Gasteiger partial charge in [0.1, 0.15) is 12.2 Å². The molecule has 1 atom stereocenters. The van der Waals surface area contributed by atoms with E-state index in [1.54, 1.807) is 36.4 Å². The van der Waals surface area contributed by atoms with Gasteiger partial charge in [0, 0.05) is 10.4 Å². The second kappa shape index (κ2) is 7.29. The van der Waals surface area contributed by atoms with E-state index in [0.29, 0.717) is 16.7 Å². The van der Waals surface area contributed by atoms with Gasteiger partial charge in [-0.25, -0.2) is 8.42 Å². The molecule has 1 aromatic carbocycles. The van der Waals surface area contributed by atoms with E-state index >= 15 is 0 Å². The third-order valence-corrected chi connectivity index (χ3v) is 5.87. The molecule has 0 fully saturated rings. The van der Waals surface area contributed by atoms with Gasteiger partial charge in [0.25, 0.3) is 0 Å². The Labute approximate surface area is 143 Å². The molecular weight excluding hydrogens is 354 g/mol. The summed E-state index contributed by atoms with van der Waals surface area (Å²) >= 11 is 2.66. The topological polar surface area (TPSA) is 80.3 Å². The molecule has 0 aliphatic carbocycles. The van der Waals surface area contributed by atoms with Crippen molar-refractivity contribution in [2.24, 2.45) is 0 Å². The van der Waals surface area contributed by atoms with Gasteiger partial charge in [-0.15, -0.1) is 23.1 Å². The quantitative estimate of drug-likeness (QED) is 0.351. The zero-order valence-electron chi connectivity index (χ0n) is 12.5. The molecule has 1 unspecified atom stereocenters. The van der Waals surface area contributed by atoms with Crippen LogP contribution in [0.4, 0.5) is 5.69 Å². The molecule has 0 aliphatic heterocycles. The number of benzene rings is 1. The Balaban J connectivity index is 2.47. The Morgan fingerprint density at radius 2 is 1.96 bits per heavy atom. The van der Waals surface area contributed by atoms with E-state index in [9.17, 15) is 18.0 Å². The molecule has 23 heavy (non-hydrogen) atoms. The van der Waals surface area contributed by atoms with Gasteiger partial charge < -0.3 is 4.79 Å². The number of nitrogens with one attached hydrogen (secondary N) is 1. The summed E-state index contributed by atoms with van der Waals surface area (Å²) in [6.07, 6.45) is 3.43. The third kappa shape index (κ3) is 4.43. The van der Waals surface area contributed by atoms with Gasteiger partial charge in [0.05, 0.1) is 16.2 Å². The number of sulfonamides is 1. The maximum absolute atomic E-state index is 12.6. The highest BCUT2D eigenvalue weighted by Crippen LogP contribution is 2.39. The fourth-order valence-corrected chi connectivity index (χ4v) is 4.39. The van der Waals surface area contributed by atoms with Crippen LogP contribution in [0.15, 0.2) is 40.6 Å². The summed E-state index contributed by atoms with van der Waals surface area (Å²) in [5.74, 6) is -1.39. The first-order valence-corrected chi connectivity index (χ1v) is 10.5. The van der Waals surface area contributed by atoms with Crippen molar-refractivity contribution in [2.45, 2.75) is 10.1 Å². The standard InChI is InChI=1S/C15H15NO4S3/c1-21-13-8-12(16-23(2,19)20)15(22-13)11(9-17)14(18)10-6-4-3-5-7-10/h3-9,11,16H,1-2H3. The summed E-state index contributed by atoms with van der Waals surface area (Å²) in [5, 5.41) is 0. The minimum absolute atomic E-state index is 0.281. The third-order valence-electron chi connectivity index (χ3n) is 2.99. The van der Waals surface area contributed by atoms with E-state index < -0.39 is 15.9 Å². The molecule has 0 aliphatic rings. The minimum Gasteiger partial charge on any atom is -0.302 e. The fourth-order valence-electron chi connectivity index (χ4n) is 2.02. The van der Waals surface area contributed by atoms with Crippen LogP contribution in [0, 0.1) is 0 Å². The Morgan fingerprint density at radius 3 is 2.48 bits per heavy atom. The Morgan fingerprint density at radius 1 is 1.30 bits per heavy atom. The molecule has 122 valence electrons. The van der Waals surface area contributed by atoms with Crippen LogP contribution in [0.2, 0.25) is 0 Å². The van der Waals surface area contributed by atoms with E-state index in [4.69, 9.17) is 0 Å². The molecule has 8 heteroatoms. The second-order valence-electron chi connectivity index (χ2n) is 4.77. The predicted octanol–water partition coefficient (Wildman–Crippen LogP) is 3.01. The van der Waals surface area contributed by atoms with E-state index in [0.717, 1.165) is 10.5 Å². The van der Waals surface area contributed by atoms with E-state index in [2.05, 4.69) is 4.72 Å². The lowest BCUT2D eigenvalue weighted by atomic mass is 9.97. The zero-order valence-corrected chi connectivity index (χ0v) is 14.9. The van der Waals surface area contributed by atoms with Crippen molar-refractivity contribution < 1.29 is 18.0 Å². The van der Waals surface area contributed by atoms with Crippen molar-refractivity contribution in [3.8, 4) is 0 Å². The molecule has 5 nitrogen and oxygen atoms in total. The average molecular weight is 369 g/mol. The summed E-state index contributed by atoms with van der Waals surface area (Å²) in [4.78, 5) is 24.5. The van der Waals surface area contributed by atoms with Crippen molar-refractivity contribution in [3.63, 3.8) is 0 Å². The highest BCUT2D eigenvalue weighted by molar-refractivity contribution is 8.00. The molecule has 0 bridgehead atoms. The maximum atomic E-state index is 12.6. The lowest BCUT2D eigenvalue weighted by Crippen LogP contribution is -2.16. The molecule has 1 aromatic heterocycles. The first-order valence-electron chi connectivity index (χ1n) is 6.55. The van der Waals surface area contributed by atoms with Gasteiger partial charge in [-0.05, 0) is 12.3 Å². The largest absolute Gasteiger partial charge is 0.302 e. The molecule has 0 spiro atoms. The average Bonchev–Trinajstić information content (AvgIpc) is 2.90. The van der Waals surface area contributed by atoms with Crippen molar-refractivity contribution >= 4 is 50.9 Å². The predicted molar refractivity (Wildman–Crippen MR) is 94.1 cm³/mol. The number of carbonyl (C=O) groups is 2. The Bertz CT molecular complexity index is 813. The van der Waals surface area contributed by atoms with Crippen LogP contribution < -0.4 is 4.72 Å². The minimum atomic E-state index is -3.51. The SMILES string of the molecule is CSc1cc(NS(C)(=O)=O)c(C(C=O)C(=O)c2ccccc2)s1. The Hall–Kier alpha value is -1.64. The normalized spacial score (nSPS) is 12.6. The number of ketones is 1. The van der Waals surface area contributed by atoms with Crippen molar-refractivity contribution in [1.82, 2.24) is 0 Å². The van der Waals surface area contributed by atoms with Crippen molar-refractivity contribution in [1.29, 1.82) is 0 Å². The van der Waals surface area contributed by atoms with Gasteiger partial charge in [-0.3, -0.25) is 9.52 Å². The Kier molecular flexibility index (Phi) is 5.61. The molecule has 0 radical (unpaired) electrons. The number of hydrogen-bond acceptors (Lipinski definition) is 6. The van der Waals surface area contributed by atoms with Crippen LogP contribution in [0.3, 0.4) is 0 Å². The fraction of sp³-hybridized carbons (Fsp3) is 0.200. The molecule has 0 amide bonds. The van der Waals surface area contributed by atoms with Crippen LogP contribution in [0.25, 0.3) is 0 Å². The zero-order chi connectivity index (χ0) is 17.0. The monoisotopic (exact) mass is 369 g/mol. The van der Waals surface area contributed by atoms with E-state index in [1.165, 1.54) is 23.1 Å². The van der Waals surface area contributed by atoms with E-state index in [1.807, 2.05) is 6.26 Å². The number of thiophene rings is 1. The van der Waals surface area contributed by atoms with E-state index in [-0.39, 0.29) is 11.5 Å². The van der Waals surface area contributed by atoms with Crippen LogP contribution in [0.5, 0.6) is 0 Å². The first kappa shape index (κ1) is 17.7. The number of carbonyl (C=O) groups excluding carboxylic acids is 2. The molecule has 0 saturated carbocycles. The molecule has 0 saturated heterocycles. The summed E-state index contributed by atoms with van der Waals surface area (Å²) in [5.41, 5.74) is 0.692. The van der Waals surface area contributed by atoms with Crippen LogP contribution >= 0.6 is 23.1 Å². The summed E-state index contributed by atoms with van der Waals surface area (Å²) < 4.78 is 26.2. The maximum Gasteiger partial charge on any atom is 0.229 e. The molecular formula is C15H15NO4S3. The van der Waals surface area contributed by atoms with Gasteiger partial charge in [0.2, 0.25) is 10.0 Å². The molecule has 1 heterocycles. The highest BCUT2D eigenvalue weighted by Gasteiger charge is 2.27. The number of anilines is 1. The highest BCUT2D eigenvalue weighted by atomic mass is 32.2. The van der Waals surface area contributed by atoms with Gasteiger partial charge in [-0.1, -0.05) is 30.3 Å². The molecule has 2 rings (SSSR count). The first-order chi connectivity index (χ1) is 10.9.